The van der Waals surface area contributed by atoms with E-state index in [1.165, 1.54) is 49.7 Å². The Bertz CT molecular complexity index is 409. The molecule has 0 spiro atoms. The van der Waals surface area contributed by atoms with Crippen LogP contribution in [-0.4, -0.2) is 0 Å². The molecule has 2 rings (SSSR count). The van der Waals surface area contributed by atoms with E-state index >= 15 is 0 Å². The van der Waals surface area contributed by atoms with Crippen molar-refractivity contribution in [3.8, 4) is 0 Å². The first-order valence-electron chi connectivity index (χ1n) is 7.32. The number of hydrogen-bond donors (Lipinski definition) is 0. The highest BCUT2D eigenvalue weighted by molar-refractivity contribution is 5.45. The fourth-order valence-electron chi connectivity index (χ4n) is 2.16. The standard InChI is InChI=1S/C11H18.C8H8/c1-3-5-6-7-11-9-8-10(11)4-2;1-2-8-6-4-3-5-7-8/h4H,2-3,5-9H2,1H3;2-7H,1H2. The van der Waals surface area contributed by atoms with Gasteiger partial charge in [0.2, 0.25) is 0 Å². The molecule has 0 saturated heterocycles. The van der Waals surface area contributed by atoms with Crippen molar-refractivity contribution in [1.29, 1.82) is 0 Å². The summed E-state index contributed by atoms with van der Waals surface area (Å²) in [6.07, 6.45) is 11.9. The average molecular weight is 254 g/mol. The van der Waals surface area contributed by atoms with Gasteiger partial charge in [-0.3, -0.25) is 0 Å². The summed E-state index contributed by atoms with van der Waals surface area (Å²) in [6, 6.07) is 10.0. The quantitative estimate of drug-likeness (QED) is 0.532. The lowest BCUT2D eigenvalue weighted by molar-refractivity contribution is 0.662. The Labute approximate surface area is 118 Å². The summed E-state index contributed by atoms with van der Waals surface area (Å²) in [5.41, 5.74) is 4.38. The molecule has 0 heterocycles. The molecule has 0 saturated carbocycles. The molecule has 0 atom stereocenters. The molecule has 19 heavy (non-hydrogen) atoms. The first-order chi connectivity index (χ1) is 9.31. The summed E-state index contributed by atoms with van der Waals surface area (Å²) in [5, 5.41) is 0. The van der Waals surface area contributed by atoms with Crippen molar-refractivity contribution in [3.05, 3.63) is 66.3 Å². The molecule has 1 aromatic rings. The van der Waals surface area contributed by atoms with Crippen LogP contribution in [0, 0.1) is 0 Å². The van der Waals surface area contributed by atoms with Gasteiger partial charge in [0.1, 0.15) is 0 Å². The lowest BCUT2D eigenvalue weighted by atomic mass is 9.85. The molecule has 0 aliphatic heterocycles. The van der Waals surface area contributed by atoms with E-state index in [-0.39, 0.29) is 0 Å². The Kier molecular flexibility index (Phi) is 7.65. The van der Waals surface area contributed by atoms with E-state index in [2.05, 4.69) is 20.1 Å². The molecule has 0 radical (unpaired) electrons. The van der Waals surface area contributed by atoms with Crippen molar-refractivity contribution in [3.63, 3.8) is 0 Å². The summed E-state index contributed by atoms with van der Waals surface area (Å²) in [4.78, 5) is 0. The van der Waals surface area contributed by atoms with E-state index in [4.69, 9.17) is 0 Å². The molecule has 0 unspecified atom stereocenters. The highest BCUT2D eigenvalue weighted by Gasteiger charge is 2.12. The van der Waals surface area contributed by atoms with Crippen LogP contribution in [0.1, 0.15) is 51.0 Å². The van der Waals surface area contributed by atoms with Crippen molar-refractivity contribution in [1.82, 2.24) is 0 Å². The summed E-state index contributed by atoms with van der Waals surface area (Å²) >= 11 is 0. The van der Waals surface area contributed by atoms with Gasteiger partial charge in [-0.2, -0.15) is 0 Å². The number of allylic oxidation sites excluding steroid dienone is 3. The Hall–Kier alpha value is -1.56. The molecule has 1 aromatic carbocycles. The molecule has 0 fully saturated rings. The molecule has 0 aromatic heterocycles. The van der Waals surface area contributed by atoms with Crippen molar-refractivity contribution in [2.24, 2.45) is 0 Å². The van der Waals surface area contributed by atoms with Crippen molar-refractivity contribution < 1.29 is 0 Å². The number of hydrogen-bond acceptors (Lipinski definition) is 0. The van der Waals surface area contributed by atoms with Gasteiger partial charge in [-0.1, -0.05) is 81.0 Å². The minimum absolute atomic E-state index is 1.17. The molecule has 0 N–H and O–H groups in total. The maximum absolute atomic E-state index is 3.80. The topological polar surface area (TPSA) is 0 Å². The number of benzene rings is 1. The highest BCUT2D eigenvalue weighted by Crippen LogP contribution is 2.32. The molecule has 1 aliphatic rings. The molecule has 0 bridgehead atoms. The van der Waals surface area contributed by atoms with Crippen LogP contribution in [0.15, 0.2) is 60.7 Å². The molecule has 0 heteroatoms. The van der Waals surface area contributed by atoms with E-state index in [0.717, 1.165) is 0 Å². The van der Waals surface area contributed by atoms with Gasteiger partial charge < -0.3 is 0 Å². The fraction of sp³-hybridized carbons (Fsp3) is 0.368. The largest absolute Gasteiger partial charge is 0.0988 e. The predicted octanol–water partition coefficient (Wildman–Crippen LogP) is 6.17. The van der Waals surface area contributed by atoms with Crippen LogP contribution in [0.2, 0.25) is 0 Å². The van der Waals surface area contributed by atoms with Gasteiger partial charge in [-0.05, 0) is 36.8 Å². The lowest BCUT2D eigenvalue weighted by Crippen LogP contribution is -2.01. The molecule has 102 valence electrons. The number of unbranched alkanes of at least 4 members (excludes halogenated alkanes) is 2. The van der Waals surface area contributed by atoms with E-state index in [0.29, 0.717) is 0 Å². The van der Waals surface area contributed by atoms with Crippen LogP contribution in [0.5, 0.6) is 0 Å². The average Bonchev–Trinajstić information content (AvgIpc) is 2.44. The van der Waals surface area contributed by atoms with Crippen LogP contribution in [0.4, 0.5) is 0 Å². The van der Waals surface area contributed by atoms with Gasteiger partial charge in [0.15, 0.2) is 0 Å². The van der Waals surface area contributed by atoms with E-state index in [9.17, 15) is 0 Å². The van der Waals surface area contributed by atoms with Gasteiger partial charge >= 0.3 is 0 Å². The van der Waals surface area contributed by atoms with E-state index in [1.54, 1.807) is 5.57 Å². The SMILES string of the molecule is C=CC1=C(CCCCC)CC1.C=Cc1ccccc1. The van der Waals surface area contributed by atoms with Crippen LogP contribution < -0.4 is 0 Å². The zero-order chi connectivity index (χ0) is 13.9. The summed E-state index contributed by atoms with van der Waals surface area (Å²) in [5.74, 6) is 0. The zero-order valence-electron chi connectivity index (χ0n) is 12.2. The predicted molar refractivity (Wildman–Crippen MR) is 87.1 cm³/mol. The van der Waals surface area contributed by atoms with Crippen LogP contribution >= 0.6 is 0 Å². The lowest BCUT2D eigenvalue weighted by Gasteiger charge is -2.21. The molecule has 0 amide bonds. The Morgan fingerprint density at radius 3 is 2.16 bits per heavy atom. The minimum atomic E-state index is 1.17. The van der Waals surface area contributed by atoms with E-state index < -0.39 is 0 Å². The first-order valence-corrected chi connectivity index (χ1v) is 7.32. The van der Waals surface area contributed by atoms with Crippen molar-refractivity contribution in [2.75, 3.05) is 0 Å². The monoisotopic (exact) mass is 254 g/mol. The van der Waals surface area contributed by atoms with Gasteiger partial charge in [0, 0.05) is 0 Å². The fourth-order valence-corrected chi connectivity index (χ4v) is 2.16. The van der Waals surface area contributed by atoms with Gasteiger partial charge in [-0.25, -0.2) is 0 Å². The molecule has 1 aliphatic carbocycles. The Balaban J connectivity index is 0.000000200. The summed E-state index contributed by atoms with van der Waals surface area (Å²) < 4.78 is 0. The molecular weight excluding hydrogens is 228 g/mol. The van der Waals surface area contributed by atoms with Gasteiger partial charge in [0.25, 0.3) is 0 Å². The van der Waals surface area contributed by atoms with Crippen LogP contribution in [0.3, 0.4) is 0 Å². The van der Waals surface area contributed by atoms with E-state index in [1.807, 2.05) is 42.5 Å². The number of rotatable bonds is 6. The highest BCUT2D eigenvalue weighted by atomic mass is 14.2. The third-order valence-electron chi connectivity index (χ3n) is 3.51. The normalized spacial score (nSPS) is 13.1. The molecule has 0 nitrogen and oxygen atoms in total. The minimum Gasteiger partial charge on any atom is -0.0988 e. The summed E-state index contributed by atoms with van der Waals surface area (Å²) in [6.45, 7) is 9.69. The Morgan fingerprint density at radius 2 is 1.74 bits per heavy atom. The second-order valence-corrected chi connectivity index (χ2v) is 4.90. The Morgan fingerprint density at radius 1 is 1.00 bits per heavy atom. The van der Waals surface area contributed by atoms with Crippen LogP contribution in [-0.2, 0) is 0 Å². The van der Waals surface area contributed by atoms with Gasteiger partial charge in [-0.15, -0.1) is 0 Å². The maximum Gasteiger partial charge on any atom is -0.0242 e. The zero-order valence-corrected chi connectivity index (χ0v) is 12.2. The van der Waals surface area contributed by atoms with Crippen molar-refractivity contribution in [2.45, 2.75) is 45.4 Å². The molecular formula is C19H26. The second-order valence-electron chi connectivity index (χ2n) is 4.90. The van der Waals surface area contributed by atoms with Gasteiger partial charge in [0.05, 0.1) is 0 Å². The smallest absolute Gasteiger partial charge is 0.0242 e. The third-order valence-corrected chi connectivity index (χ3v) is 3.51. The maximum atomic E-state index is 3.80. The van der Waals surface area contributed by atoms with Crippen LogP contribution in [0.25, 0.3) is 6.08 Å². The first kappa shape index (κ1) is 15.5. The van der Waals surface area contributed by atoms with Crippen molar-refractivity contribution >= 4 is 6.08 Å². The summed E-state index contributed by atoms with van der Waals surface area (Å²) in [7, 11) is 0. The second kappa shape index (κ2) is 9.38. The third kappa shape index (κ3) is 5.74.